The lowest BCUT2D eigenvalue weighted by Gasteiger charge is -2.70. The van der Waals surface area contributed by atoms with E-state index in [1.165, 1.54) is 14.2 Å². The van der Waals surface area contributed by atoms with Crippen molar-refractivity contribution in [1.82, 2.24) is 9.80 Å². The minimum absolute atomic E-state index is 0.0212. The first-order chi connectivity index (χ1) is 46.6. The highest BCUT2D eigenvalue weighted by atomic mass is 16.6. The molecule has 2 aliphatic heterocycles. The molecular weight excluding hydrogens is 1260 g/mol. The van der Waals surface area contributed by atoms with Gasteiger partial charge in [-0.2, -0.15) is 0 Å². The summed E-state index contributed by atoms with van der Waals surface area (Å²) in [5.74, 6) is -8.62. The molecule has 14 bridgehead atoms. The number of benzene rings is 2. The lowest BCUT2D eigenvalue weighted by atomic mass is 9.42. The number of rotatable bonds is 26. The molecule has 536 valence electrons. The minimum atomic E-state index is -1.98. The molecule has 12 aliphatic rings. The molecule has 2 aromatic rings. The van der Waals surface area contributed by atoms with Crippen LogP contribution in [0.2, 0.25) is 0 Å². The van der Waals surface area contributed by atoms with E-state index >= 15 is 9.59 Å². The predicted molar refractivity (Wildman–Crippen MR) is 342 cm³/mol. The molecule has 0 radical (unpaired) electrons. The van der Waals surface area contributed by atoms with E-state index in [2.05, 4.69) is 9.80 Å². The van der Waals surface area contributed by atoms with Crippen LogP contribution >= 0.6 is 0 Å². The van der Waals surface area contributed by atoms with Crippen molar-refractivity contribution in [2.75, 3.05) is 96.3 Å². The number of hydrogen-bond acceptors (Lipinski definition) is 24. The van der Waals surface area contributed by atoms with Crippen molar-refractivity contribution in [1.29, 1.82) is 0 Å². The average Bonchev–Trinajstić information content (AvgIpc) is 1.46. The smallest absolute Gasteiger partial charge is 0.338 e. The highest BCUT2D eigenvalue weighted by Crippen LogP contribution is 2.83. The summed E-state index contributed by atoms with van der Waals surface area (Å²) in [6, 6.07) is 15.9. The Hall–Kier alpha value is -4.32. The summed E-state index contributed by atoms with van der Waals surface area (Å²) in [6.07, 6.45) is -10.8. The van der Waals surface area contributed by atoms with E-state index in [4.69, 9.17) is 56.8 Å². The fourth-order valence-electron chi connectivity index (χ4n) is 25.7. The number of carbonyl (C=O) groups excluding carboxylic acids is 4. The maximum Gasteiger partial charge on any atom is 0.338 e. The first kappa shape index (κ1) is 69.8. The van der Waals surface area contributed by atoms with Gasteiger partial charge in [-0.25, -0.2) is 9.59 Å². The van der Waals surface area contributed by atoms with Crippen LogP contribution in [0.15, 0.2) is 60.7 Å². The SMILES string of the molecule is CCN1C[C@@]2(COC)C3[C@@H](OC)C4C1C3(C1C[C@@]3(O)[C@H](OC(=O)c5ccccc5)C1[C@]4(OC(=O)CCCCCCCC(=O)O[C@@]14C5C6N(CC)C[C@@]7(COC)C([C@H]5OC)C6(C5C[C@@](O)([C@H](OC(=O)c6ccccc6)C51)[C@@H](OC)[C@@H]4O)[C@@H](OC)C[C@H]7O)[C@@H](O)[C@@H]3OC)[C@@H](OC)C[C@H]2O. The summed E-state index contributed by atoms with van der Waals surface area (Å²) >= 11 is 0. The van der Waals surface area contributed by atoms with Gasteiger partial charge in [-0.3, -0.25) is 19.4 Å². The minimum Gasteiger partial charge on any atom is -0.455 e. The van der Waals surface area contributed by atoms with Gasteiger partial charge in [-0.1, -0.05) is 69.5 Å². The fraction of sp³-hybridized carbons (Fsp3) is 0.781. The average molecular weight is 1360 g/mol. The number of piperidine rings is 2. The van der Waals surface area contributed by atoms with E-state index in [-0.39, 0.29) is 62.9 Å². The maximum absolute atomic E-state index is 15.2. The fourth-order valence-corrected chi connectivity index (χ4v) is 25.7. The Morgan fingerprint density at radius 3 is 1.19 bits per heavy atom. The van der Waals surface area contributed by atoms with Crippen molar-refractivity contribution in [3.63, 3.8) is 0 Å². The number of unbranched alkanes of at least 4 members (excludes halogenated alkanes) is 4. The van der Waals surface area contributed by atoms with Crippen molar-refractivity contribution < 1.29 is 107 Å². The summed E-state index contributed by atoms with van der Waals surface area (Å²) in [5, 5.41) is 78.4. The Balaban J connectivity index is 0.739. The van der Waals surface area contributed by atoms with Gasteiger partial charge in [0.15, 0.2) is 11.2 Å². The molecule has 6 N–H and O–H groups in total. The molecule has 2 saturated heterocycles. The van der Waals surface area contributed by atoms with E-state index in [9.17, 15) is 40.2 Å². The highest BCUT2D eigenvalue weighted by Gasteiger charge is 2.95. The van der Waals surface area contributed by atoms with Crippen LogP contribution in [0.25, 0.3) is 0 Å². The summed E-state index contributed by atoms with van der Waals surface area (Å²) in [6.45, 7) is 6.19. The van der Waals surface area contributed by atoms with Crippen LogP contribution in [0.5, 0.6) is 0 Å². The van der Waals surface area contributed by atoms with Crippen LogP contribution in [0, 0.1) is 69.0 Å². The lowest BCUT2D eigenvalue weighted by Crippen LogP contribution is -2.81. The number of esters is 4. The van der Waals surface area contributed by atoms with Crippen LogP contribution in [-0.2, 0) is 66.4 Å². The predicted octanol–water partition coefficient (Wildman–Crippen LogP) is 3.00. The molecule has 24 nitrogen and oxygen atoms in total. The summed E-state index contributed by atoms with van der Waals surface area (Å²) in [4.78, 5) is 63.9. The van der Waals surface area contributed by atoms with Crippen LogP contribution in [0.4, 0.5) is 0 Å². The second kappa shape index (κ2) is 25.3. The summed E-state index contributed by atoms with van der Waals surface area (Å²) in [7, 11) is 12.4. The molecule has 24 heteroatoms. The monoisotopic (exact) mass is 1360 g/mol. The normalized spacial score (nSPS) is 48.1. The lowest BCUT2D eigenvalue weighted by molar-refractivity contribution is -0.323. The standard InChI is InChI=1S/C73H102N2O22/c1-11-74-34-66(36-86-3)42(76)30-44(88-5)70-40-32-68(84)60(94-64(82)38-24-18-16-19-25-38)48(40)72(58(80)62(68)92-9,50(56(70)74)52(90-7)54(66)70)96-46(78)28-22-14-13-15-23-29-47(79)97-73-49-41(33-69(85,63(93-10)59(73)81)61(49)95-65(83)39-26-20-17-21-27-39)71-45(89-6)31-43(77)67(37-87-4)35-75(12-2)57(71)51(73)53(91-8)55(67)71/h16-21,24-27,40-45,48-63,76-77,80-81,84-85H,11-15,22-23,28-37H2,1-10H3/t40?,41?,42-,43-,44+,45+,48?,49?,50?,51?,52+,53+,54?,55?,56?,57?,58+,59+,60-,61-,62+,63+,66+,67+,68-,69-,70?,71?,72-,73-/m1/s1. The molecular formula is C73H102N2O22. The molecule has 30 atom stereocenters. The van der Waals surface area contributed by atoms with Gasteiger partial charge in [0, 0.05) is 165 Å². The highest BCUT2D eigenvalue weighted by molar-refractivity contribution is 5.90. The number of likely N-dealkylation sites (tertiary alicyclic amines) is 2. The summed E-state index contributed by atoms with van der Waals surface area (Å²) in [5.41, 5.74) is -10.9. The van der Waals surface area contributed by atoms with Crippen molar-refractivity contribution in [3.05, 3.63) is 71.8 Å². The molecule has 10 aliphatic carbocycles. The van der Waals surface area contributed by atoms with Crippen LogP contribution in [-0.4, -0.2) is 268 Å². The Kier molecular flexibility index (Phi) is 18.2. The van der Waals surface area contributed by atoms with E-state index < -0.39 is 201 Å². The maximum atomic E-state index is 15.2. The van der Waals surface area contributed by atoms with Crippen molar-refractivity contribution in [3.8, 4) is 0 Å². The van der Waals surface area contributed by atoms with E-state index in [0.717, 1.165) is 0 Å². The number of carbonyl (C=O) groups is 4. The van der Waals surface area contributed by atoms with Gasteiger partial charge >= 0.3 is 23.9 Å². The van der Waals surface area contributed by atoms with Crippen LogP contribution in [0.3, 0.4) is 0 Å². The Morgan fingerprint density at radius 1 is 0.485 bits per heavy atom. The topological polar surface area (TPSA) is 307 Å². The zero-order valence-corrected chi connectivity index (χ0v) is 57.6. The number of aliphatic hydroxyl groups excluding tert-OH is 4. The third-order valence-corrected chi connectivity index (χ3v) is 28.0. The molecule has 0 amide bonds. The largest absolute Gasteiger partial charge is 0.455 e. The van der Waals surface area contributed by atoms with Crippen molar-refractivity contribution >= 4 is 23.9 Å². The third-order valence-electron chi connectivity index (χ3n) is 28.0. The van der Waals surface area contributed by atoms with Gasteiger partial charge in [0.05, 0.1) is 61.0 Å². The summed E-state index contributed by atoms with van der Waals surface area (Å²) < 4.78 is 78.4. The van der Waals surface area contributed by atoms with Gasteiger partial charge in [0.2, 0.25) is 0 Å². The number of fused-ring (bicyclic) bond motifs is 4. The molecule has 10 saturated carbocycles. The van der Waals surface area contributed by atoms with Crippen LogP contribution in [0.1, 0.15) is 105 Å². The van der Waals surface area contributed by atoms with E-state index in [0.29, 0.717) is 58.3 Å². The Morgan fingerprint density at radius 2 is 0.856 bits per heavy atom. The number of methoxy groups -OCH3 is 8. The number of ether oxygens (including phenoxy) is 12. The van der Waals surface area contributed by atoms with E-state index in [1.807, 2.05) is 13.8 Å². The second-order valence-electron chi connectivity index (χ2n) is 30.9. The zero-order valence-electron chi connectivity index (χ0n) is 57.6. The quantitative estimate of drug-likeness (QED) is 0.0448. The Labute approximate surface area is 567 Å². The number of aliphatic hydroxyl groups is 6. The molecule has 14 rings (SSSR count). The van der Waals surface area contributed by atoms with Gasteiger partial charge in [-0.05, 0) is 74.9 Å². The molecule has 12 fully saturated rings. The molecule has 12 unspecified atom stereocenters. The molecule has 97 heavy (non-hydrogen) atoms. The van der Waals surface area contributed by atoms with Crippen molar-refractivity contribution in [2.45, 2.75) is 192 Å². The van der Waals surface area contributed by atoms with Crippen molar-refractivity contribution in [2.24, 2.45) is 69.0 Å². The molecule has 2 aromatic carbocycles. The third kappa shape index (κ3) is 8.91. The number of hydrogen-bond donors (Lipinski definition) is 6. The van der Waals surface area contributed by atoms with E-state index in [1.54, 1.807) is 103 Å². The zero-order chi connectivity index (χ0) is 68.9. The molecule has 0 aromatic heterocycles. The van der Waals surface area contributed by atoms with Gasteiger partial charge in [0.1, 0.15) is 47.8 Å². The second-order valence-corrected chi connectivity index (χ2v) is 30.9. The number of nitrogens with zero attached hydrogens (tertiary/aromatic N) is 2. The van der Waals surface area contributed by atoms with Gasteiger partial charge in [-0.15, -0.1) is 0 Å². The van der Waals surface area contributed by atoms with Gasteiger partial charge in [0.25, 0.3) is 0 Å². The first-order valence-corrected chi connectivity index (χ1v) is 35.4. The first-order valence-electron chi connectivity index (χ1n) is 35.4. The van der Waals surface area contributed by atoms with Gasteiger partial charge < -0.3 is 87.5 Å². The Bertz CT molecular complexity index is 3050. The molecule has 2 heterocycles. The molecule has 2 spiro atoms. The van der Waals surface area contributed by atoms with Crippen LogP contribution < -0.4 is 0 Å².